The van der Waals surface area contributed by atoms with Crippen LogP contribution in [-0.2, 0) is 9.59 Å². The molecular weight excluding hydrogens is 352 g/mol. The molecule has 0 bridgehead atoms. The van der Waals surface area contributed by atoms with Crippen molar-refractivity contribution in [2.75, 3.05) is 16.8 Å². The number of carbonyl (C=O) groups excluding carboxylic acids is 3. The molecule has 1 fully saturated rings. The number of hydrogen-bond donors (Lipinski definition) is 1. The highest BCUT2D eigenvalue weighted by Crippen LogP contribution is 2.43. The third-order valence-electron chi connectivity index (χ3n) is 4.91. The summed E-state index contributed by atoms with van der Waals surface area (Å²) in [5, 5.41) is 3.24. The second kappa shape index (κ2) is 5.91. The summed E-state index contributed by atoms with van der Waals surface area (Å²) in [6, 6.07) is 7.05. The highest BCUT2D eigenvalue weighted by molar-refractivity contribution is 7.15. The molecule has 0 radical (unpaired) electrons. The van der Waals surface area contributed by atoms with Crippen LogP contribution in [-0.4, -0.2) is 39.8 Å². The fraction of sp³-hybridized carbons (Fsp3) is 0.333. The van der Waals surface area contributed by atoms with Crippen LogP contribution in [0.5, 0.6) is 0 Å². The zero-order valence-electron chi connectivity index (χ0n) is 14.5. The topological polar surface area (TPSA) is 82.6 Å². The molecule has 0 saturated carbocycles. The number of benzene rings is 1. The van der Waals surface area contributed by atoms with Crippen molar-refractivity contribution in [2.24, 2.45) is 0 Å². The van der Waals surface area contributed by atoms with E-state index >= 15 is 0 Å². The van der Waals surface area contributed by atoms with E-state index in [1.807, 2.05) is 19.9 Å². The van der Waals surface area contributed by atoms with Gasteiger partial charge in [0.1, 0.15) is 12.2 Å². The first-order valence-electron chi connectivity index (χ1n) is 8.36. The summed E-state index contributed by atoms with van der Waals surface area (Å²) in [6.45, 7) is 3.61. The van der Waals surface area contributed by atoms with Gasteiger partial charge in [0.2, 0.25) is 11.8 Å². The Labute approximate surface area is 154 Å². The van der Waals surface area contributed by atoms with Crippen LogP contribution in [0.3, 0.4) is 0 Å². The van der Waals surface area contributed by atoms with Crippen LogP contribution in [0.1, 0.15) is 35.0 Å². The Morgan fingerprint density at radius 3 is 2.85 bits per heavy atom. The van der Waals surface area contributed by atoms with Gasteiger partial charge in [-0.3, -0.25) is 19.3 Å². The third kappa shape index (κ3) is 2.48. The summed E-state index contributed by atoms with van der Waals surface area (Å²) in [7, 11) is 0. The largest absolute Gasteiger partial charge is 0.306 e. The summed E-state index contributed by atoms with van der Waals surface area (Å²) < 4.78 is 0. The zero-order chi connectivity index (χ0) is 18.5. The minimum absolute atomic E-state index is 0.0339. The normalized spacial score (nSPS) is 21.6. The Bertz CT molecular complexity index is 925. The Kier molecular flexibility index (Phi) is 3.80. The summed E-state index contributed by atoms with van der Waals surface area (Å²) in [6.07, 6.45) is 2.53. The molecule has 1 aromatic carbocycles. The van der Waals surface area contributed by atoms with E-state index < -0.39 is 5.66 Å². The summed E-state index contributed by atoms with van der Waals surface area (Å²) in [4.78, 5) is 46.3. The predicted octanol–water partition coefficient (Wildman–Crippen LogP) is 2.39. The molecule has 7 nitrogen and oxygen atoms in total. The lowest BCUT2D eigenvalue weighted by atomic mass is 9.98. The van der Waals surface area contributed by atoms with E-state index in [4.69, 9.17) is 0 Å². The Balaban J connectivity index is 1.66. The van der Waals surface area contributed by atoms with Crippen LogP contribution in [0, 0.1) is 6.92 Å². The van der Waals surface area contributed by atoms with E-state index in [2.05, 4.69) is 10.3 Å². The number of aromatic nitrogens is 1. The first-order valence-corrected chi connectivity index (χ1v) is 9.18. The lowest BCUT2D eigenvalue weighted by Crippen LogP contribution is -2.63. The van der Waals surface area contributed by atoms with Crippen molar-refractivity contribution in [3.63, 3.8) is 0 Å². The van der Waals surface area contributed by atoms with Crippen molar-refractivity contribution in [1.82, 2.24) is 9.88 Å². The second-order valence-electron chi connectivity index (χ2n) is 6.68. The summed E-state index contributed by atoms with van der Waals surface area (Å²) in [5.74, 6) is -0.597. The maximum absolute atomic E-state index is 13.1. The molecule has 1 unspecified atom stereocenters. The standard InChI is InChI=1S/C18H18N4O3S/c1-11-9-19-17(26-11)20-14(23)10-21-16(25)12-5-3-4-6-13(12)22-15(24)7-8-18(21,22)2/h3-6,9H,7-8,10H2,1-2H3,(H,19,20,23). The molecular formula is C18H18N4O3S. The lowest BCUT2D eigenvalue weighted by Gasteiger charge is -2.48. The molecule has 1 N–H and O–H groups in total. The van der Waals surface area contributed by atoms with E-state index in [9.17, 15) is 14.4 Å². The van der Waals surface area contributed by atoms with Gasteiger partial charge in [0.25, 0.3) is 5.91 Å². The minimum atomic E-state index is -0.835. The monoisotopic (exact) mass is 370 g/mol. The SMILES string of the molecule is Cc1cnc(NC(=O)CN2C(=O)c3ccccc3N3C(=O)CCC23C)s1. The van der Waals surface area contributed by atoms with Crippen LogP contribution in [0.25, 0.3) is 0 Å². The van der Waals surface area contributed by atoms with Gasteiger partial charge in [-0.25, -0.2) is 4.98 Å². The maximum atomic E-state index is 13.1. The third-order valence-corrected chi connectivity index (χ3v) is 5.74. The van der Waals surface area contributed by atoms with E-state index in [1.54, 1.807) is 29.3 Å². The number of anilines is 2. The van der Waals surface area contributed by atoms with Gasteiger partial charge < -0.3 is 10.2 Å². The molecule has 2 aliphatic heterocycles. The first-order chi connectivity index (χ1) is 12.4. The number of rotatable bonds is 3. The van der Waals surface area contributed by atoms with Crippen molar-refractivity contribution in [1.29, 1.82) is 0 Å². The van der Waals surface area contributed by atoms with Crippen LogP contribution >= 0.6 is 11.3 Å². The number of nitrogens with zero attached hydrogens (tertiary/aromatic N) is 3. The molecule has 2 aliphatic rings. The highest BCUT2D eigenvalue weighted by Gasteiger charge is 2.53. The maximum Gasteiger partial charge on any atom is 0.258 e. The van der Waals surface area contributed by atoms with Crippen LogP contribution < -0.4 is 10.2 Å². The number of thiazole rings is 1. The van der Waals surface area contributed by atoms with Gasteiger partial charge in [-0.05, 0) is 32.4 Å². The molecule has 0 spiro atoms. The molecule has 1 aromatic heterocycles. The van der Waals surface area contributed by atoms with E-state index in [0.717, 1.165) is 4.88 Å². The van der Waals surface area contributed by atoms with E-state index in [-0.39, 0.29) is 24.3 Å². The highest BCUT2D eigenvalue weighted by atomic mass is 32.1. The van der Waals surface area contributed by atoms with E-state index in [1.165, 1.54) is 16.2 Å². The van der Waals surface area contributed by atoms with E-state index in [0.29, 0.717) is 29.2 Å². The van der Waals surface area contributed by atoms with Gasteiger partial charge in [0.15, 0.2) is 5.13 Å². The van der Waals surface area contributed by atoms with Gasteiger partial charge in [-0.15, -0.1) is 11.3 Å². The average molecular weight is 370 g/mol. The molecule has 3 amide bonds. The predicted molar refractivity (Wildman–Crippen MR) is 98.1 cm³/mol. The molecule has 134 valence electrons. The number of amides is 3. The van der Waals surface area contributed by atoms with Gasteiger partial charge in [0.05, 0.1) is 11.3 Å². The fourth-order valence-electron chi connectivity index (χ4n) is 3.66. The molecule has 26 heavy (non-hydrogen) atoms. The molecule has 0 aliphatic carbocycles. The van der Waals surface area contributed by atoms with Crippen LogP contribution in [0.15, 0.2) is 30.5 Å². The molecule has 3 heterocycles. The first kappa shape index (κ1) is 16.7. The second-order valence-corrected chi connectivity index (χ2v) is 7.91. The van der Waals surface area contributed by atoms with Gasteiger partial charge >= 0.3 is 0 Å². The van der Waals surface area contributed by atoms with Crippen molar-refractivity contribution in [2.45, 2.75) is 32.4 Å². The molecule has 4 rings (SSSR count). The Morgan fingerprint density at radius 1 is 1.35 bits per heavy atom. The minimum Gasteiger partial charge on any atom is -0.306 e. The zero-order valence-corrected chi connectivity index (χ0v) is 15.3. The van der Waals surface area contributed by atoms with Crippen molar-refractivity contribution in [3.05, 3.63) is 40.9 Å². The Hall–Kier alpha value is -2.74. The van der Waals surface area contributed by atoms with Gasteiger partial charge in [-0.1, -0.05) is 12.1 Å². The van der Waals surface area contributed by atoms with Crippen molar-refractivity contribution < 1.29 is 14.4 Å². The summed E-state index contributed by atoms with van der Waals surface area (Å²) >= 11 is 1.38. The summed E-state index contributed by atoms with van der Waals surface area (Å²) in [5.41, 5.74) is 0.228. The van der Waals surface area contributed by atoms with Crippen LogP contribution in [0.2, 0.25) is 0 Å². The average Bonchev–Trinajstić information content (AvgIpc) is 3.15. The smallest absolute Gasteiger partial charge is 0.258 e. The molecule has 8 heteroatoms. The van der Waals surface area contributed by atoms with Crippen LogP contribution in [0.4, 0.5) is 10.8 Å². The van der Waals surface area contributed by atoms with Crippen molar-refractivity contribution >= 4 is 39.9 Å². The number of fused-ring (bicyclic) bond motifs is 3. The number of carbonyl (C=O) groups is 3. The number of aryl methyl sites for hydroxylation is 1. The molecule has 1 saturated heterocycles. The lowest BCUT2D eigenvalue weighted by molar-refractivity contribution is -0.120. The number of hydrogen-bond acceptors (Lipinski definition) is 5. The quantitative estimate of drug-likeness (QED) is 0.899. The number of para-hydroxylation sites is 1. The van der Waals surface area contributed by atoms with Gasteiger partial charge in [-0.2, -0.15) is 0 Å². The Morgan fingerprint density at radius 2 is 2.12 bits per heavy atom. The number of nitrogens with one attached hydrogen (secondary N) is 1. The van der Waals surface area contributed by atoms with Crippen molar-refractivity contribution in [3.8, 4) is 0 Å². The molecule has 1 atom stereocenters. The van der Waals surface area contributed by atoms with Gasteiger partial charge in [0, 0.05) is 17.5 Å². The fourth-order valence-corrected chi connectivity index (χ4v) is 4.34. The molecule has 2 aromatic rings.